The zero-order valence-electron chi connectivity index (χ0n) is 20.0. The first-order valence-electron chi connectivity index (χ1n) is 11.4. The third kappa shape index (κ3) is 7.12. The fraction of sp³-hybridized carbons (Fsp3) is 0.440. The average molecular weight is 451 g/mol. The van der Waals surface area contributed by atoms with E-state index in [1.807, 2.05) is 44.2 Å². The molecule has 8 heteroatoms. The molecule has 1 aliphatic rings. The Morgan fingerprint density at radius 3 is 2.73 bits per heavy atom. The monoisotopic (exact) mass is 450 g/mol. The highest BCUT2D eigenvalue weighted by Gasteiger charge is 2.20. The van der Waals surface area contributed by atoms with E-state index in [-0.39, 0.29) is 11.8 Å². The van der Waals surface area contributed by atoms with Gasteiger partial charge in [-0.15, -0.1) is 0 Å². The van der Waals surface area contributed by atoms with E-state index < -0.39 is 6.04 Å². The van der Waals surface area contributed by atoms with Gasteiger partial charge in [-0.05, 0) is 64.4 Å². The van der Waals surface area contributed by atoms with Crippen LogP contribution >= 0.6 is 0 Å². The van der Waals surface area contributed by atoms with Gasteiger partial charge in [0.05, 0.1) is 17.6 Å². The standard InChI is InChI=1S/C25H34N6O2/c1-18-19(2)28-23(17-27-18)29-22-9-5-8-21(16-22)11-12-26-25(33)20(3)30(4)24(32)10-6-13-31-14-7-15-31/h5-6,8-10,16-17,20H,7,11-15H2,1-4H3,(H,26,33)(H,28,29)/b10-6+/t20-/m0/s1. The van der Waals surface area contributed by atoms with Gasteiger partial charge in [0.1, 0.15) is 11.9 Å². The number of nitrogens with one attached hydrogen (secondary N) is 2. The van der Waals surface area contributed by atoms with Crippen LogP contribution in [0.1, 0.15) is 30.3 Å². The van der Waals surface area contributed by atoms with Gasteiger partial charge < -0.3 is 15.5 Å². The van der Waals surface area contributed by atoms with E-state index in [1.54, 1.807) is 26.2 Å². The van der Waals surface area contributed by atoms with Gasteiger partial charge in [0.2, 0.25) is 11.8 Å². The van der Waals surface area contributed by atoms with Gasteiger partial charge in [-0.3, -0.25) is 19.5 Å². The van der Waals surface area contributed by atoms with Gasteiger partial charge in [0.15, 0.2) is 0 Å². The Morgan fingerprint density at radius 1 is 1.24 bits per heavy atom. The lowest BCUT2D eigenvalue weighted by atomic mass is 10.1. The van der Waals surface area contributed by atoms with Crippen molar-refractivity contribution in [2.45, 2.75) is 39.7 Å². The Balaban J connectivity index is 1.44. The number of likely N-dealkylation sites (N-methyl/N-ethyl adjacent to an activating group) is 1. The van der Waals surface area contributed by atoms with Crippen LogP contribution in [0.15, 0.2) is 42.6 Å². The Hall–Kier alpha value is -3.26. The molecular weight excluding hydrogens is 416 g/mol. The number of amides is 2. The lowest BCUT2D eigenvalue weighted by Gasteiger charge is -2.29. The number of rotatable bonds is 10. The van der Waals surface area contributed by atoms with E-state index in [1.165, 1.54) is 11.3 Å². The molecule has 33 heavy (non-hydrogen) atoms. The molecule has 1 fully saturated rings. The lowest BCUT2D eigenvalue weighted by molar-refractivity contribution is -0.135. The van der Waals surface area contributed by atoms with Crippen molar-refractivity contribution in [1.82, 2.24) is 25.1 Å². The van der Waals surface area contributed by atoms with Gasteiger partial charge >= 0.3 is 0 Å². The van der Waals surface area contributed by atoms with Crippen molar-refractivity contribution in [2.24, 2.45) is 0 Å². The molecule has 2 amide bonds. The van der Waals surface area contributed by atoms with Crippen LogP contribution < -0.4 is 10.6 Å². The number of hydrogen-bond acceptors (Lipinski definition) is 6. The first-order valence-corrected chi connectivity index (χ1v) is 11.4. The van der Waals surface area contributed by atoms with E-state index in [4.69, 9.17) is 0 Å². The van der Waals surface area contributed by atoms with Crippen molar-refractivity contribution in [2.75, 3.05) is 38.5 Å². The van der Waals surface area contributed by atoms with E-state index >= 15 is 0 Å². The fourth-order valence-electron chi connectivity index (χ4n) is 3.38. The molecule has 2 heterocycles. The summed E-state index contributed by atoms with van der Waals surface area (Å²) in [4.78, 5) is 37.4. The normalized spacial score (nSPS) is 14.5. The summed E-state index contributed by atoms with van der Waals surface area (Å²) in [6.07, 6.45) is 7.04. The molecule has 1 aliphatic heterocycles. The molecule has 0 saturated carbocycles. The third-order valence-corrected chi connectivity index (χ3v) is 5.99. The molecule has 3 rings (SSSR count). The van der Waals surface area contributed by atoms with Crippen molar-refractivity contribution in [3.63, 3.8) is 0 Å². The molecule has 2 aromatic rings. The largest absolute Gasteiger partial charge is 0.354 e. The number of anilines is 2. The molecule has 0 aliphatic carbocycles. The summed E-state index contributed by atoms with van der Waals surface area (Å²) in [6.45, 7) is 9.06. The van der Waals surface area contributed by atoms with Crippen LogP contribution in [0.3, 0.4) is 0 Å². The summed E-state index contributed by atoms with van der Waals surface area (Å²) in [6, 6.07) is 7.45. The van der Waals surface area contributed by atoms with Crippen molar-refractivity contribution < 1.29 is 9.59 Å². The summed E-state index contributed by atoms with van der Waals surface area (Å²) >= 11 is 0. The number of carbonyl (C=O) groups excluding carboxylic acids is 2. The Bertz CT molecular complexity index is 1000. The van der Waals surface area contributed by atoms with Crippen LogP contribution in [0.2, 0.25) is 0 Å². The van der Waals surface area contributed by atoms with Crippen molar-refractivity contribution >= 4 is 23.3 Å². The second-order valence-electron chi connectivity index (χ2n) is 8.47. The number of hydrogen-bond donors (Lipinski definition) is 2. The second kappa shape index (κ2) is 11.6. The predicted molar refractivity (Wildman–Crippen MR) is 130 cm³/mol. The molecule has 1 aromatic carbocycles. The number of benzene rings is 1. The first kappa shape index (κ1) is 24.4. The topological polar surface area (TPSA) is 90.5 Å². The molecular formula is C25H34N6O2. The number of aryl methyl sites for hydroxylation is 2. The maximum Gasteiger partial charge on any atom is 0.246 e. The van der Waals surface area contributed by atoms with E-state index in [2.05, 4.69) is 25.5 Å². The maximum absolute atomic E-state index is 12.5. The summed E-state index contributed by atoms with van der Waals surface area (Å²) in [7, 11) is 1.66. The van der Waals surface area contributed by atoms with Gasteiger partial charge in [-0.25, -0.2) is 4.98 Å². The minimum absolute atomic E-state index is 0.161. The second-order valence-corrected chi connectivity index (χ2v) is 8.47. The van der Waals surface area contributed by atoms with Gasteiger partial charge in [-0.1, -0.05) is 18.2 Å². The fourth-order valence-corrected chi connectivity index (χ4v) is 3.38. The summed E-state index contributed by atoms with van der Waals surface area (Å²) in [5, 5.41) is 6.21. The average Bonchev–Trinajstić information content (AvgIpc) is 2.77. The van der Waals surface area contributed by atoms with E-state index in [9.17, 15) is 9.59 Å². The van der Waals surface area contributed by atoms with Crippen LogP contribution in [0.25, 0.3) is 0 Å². The minimum atomic E-state index is -0.539. The quantitative estimate of drug-likeness (QED) is 0.541. The minimum Gasteiger partial charge on any atom is -0.354 e. The van der Waals surface area contributed by atoms with Gasteiger partial charge in [0.25, 0.3) is 0 Å². The van der Waals surface area contributed by atoms with E-state index in [0.29, 0.717) is 18.8 Å². The SMILES string of the molecule is Cc1ncc(Nc2cccc(CCNC(=O)[C@H](C)N(C)C(=O)/C=C/CN3CCC3)c2)nc1C. The summed E-state index contributed by atoms with van der Waals surface area (Å²) < 4.78 is 0. The lowest BCUT2D eigenvalue weighted by Crippen LogP contribution is -2.46. The molecule has 0 spiro atoms. The highest BCUT2D eigenvalue weighted by molar-refractivity contribution is 5.92. The number of nitrogens with zero attached hydrogens (tertiary/aromatic N) is 4. The third-order valence-electron chi connectivity index (χ3n) is 5.99. The van der Waals surface area contributed by atoms with Crippen molar-refractivity contribution in [3.8, 4) is 0 Å². The molecule has 1 saturated heterocycles. The molecule has 1 aromatic heterocycles. The number of likely N-dealkylation sites (tertiary alicyclic amines) is 1. The van der Waals surface area contributed by atoms with Crippen LogP contribution in [0, 0.1) is 13.8 Å². The van der Waals surface area contributed by atoms with Crippen molar-refractivity contribution in [1.29, 1.82) is 0 Å². The number of carbonyl (C=O) groups is 2. The molecule has 0 bridgehead atoms. The Labute approximate surface area is 196 Å². The molecule has 1 atom stereocenters. The molecule has 0 unspecified atom stereocenters. The molecule has 2 N–H and O–H groups in total. The van der Waals surface area contributed by atoms with Crippen LogP contribution in [0.4, 0.5) is 11.5 Å². The number of aromatic nitrogens is 2. The zero-order chi connectivity index (χ0) is 23.8. The van der Waals surface area contributed by atoms with Gasteiger partial charge in [-0.2, -0.15) is 0 Å². The van der Waals surface area contributed by atoms with Crippen LogP contribution in [-0.2, 0) is 16.0 Å². The highest BCUT2D eigenvalue weighted by Crippen LogP contribution is 2.17. The zero-order valence-corrected chi connectivity index (χ0v) is 20.0. The van der Waals surface area contributed by atoms with Crippen molar-refractivity contribution in [3.05, 3.63) is 59.6 Å². The Morgan fingerprint density at radius 2 is 2.03 bits per heavy atom. The maximum atomic E-state index is 12.5. The summed E-state index contributed by atoms with van der Waals surface area (Å²) in [5.74, 6) is 0.372. The van der Waals surface area contributed by atoms with Crippen LogP contribution in [-0.4, -0.2) is 70.9 Å². The van der Waals surface area contributed by atoms with Crippen LogP contribution in [0.5, 0.6) is 0 Å². The summed E-state index contributed by atoms with van der Waals surface area (Å²) in [5.41, 5.74) is 3.81. The van der Waals surface area contributed by atoms with E-state index in [0.717, 1.165) is 42.3 Å². The first-order chi connectivity index (χ1) is 15.8. The molecule has 176 valence electrons. The smallest absolute Gasteiger partial charge is 0.246 e. The van der Waals surface area contributed by atoms with Gasteiger partial charge in [0, 0.05) is 31.9 Å². The predicted octanol–water partition coefficient (Wildman–Crippen LogP) is 2.60. The molecule has 0 radical (unpaired) electrons. The molecule has 8 nitrogen and oxygen atoms in total. The highest BCUT2D eigenvalue weighted by atomic mass is 16.2. The Kier molecular flexibility index (Phi) is 8.54.